The van der Waals surface area contributed by atoms with E-state index >= 15 is 0 Å². The van der Waals surface area contributed by atoms with Crippen molar-refractivity contribution in [3.05, 3.63) is 113 Å². The molecule has 4 aromatic rings. The highest BCUT2D eigenvalue weighted by Crippen LogP contribution is 2.60. The van der Waals surface area contributed by atoms with Crippen LogP contribution in [0.25, 0.3) is 11.1 Å². The maximum absolute atomic E-state index is 14.4. The number of aromatic hydroxyl groups is 1. The summed E-state index contributed by atoms with van der Waals surface area (Å²) in [6, 6.07) is 19.0. The van der Waals surface area contributed by atoms with Crippen molar-refractivity contribution < 1.29 is 54.6 Å². The van der Waals surface area contributed by atoms with Gasteiger partial charge in [0.05, 0.1) is 10.6 Å². The van der Waals surface area contributed by atoms with Gasteiger partial charge < -0.3 is 19.6 Å². The fourth-order valence-electron chi connectivity index (χ4n) is 4.30. The molecule has 0 fully saturated rings. The second-order valence-electron chi connectivity index (χ2n) is 9.37. The number of para-hydroxylation sites is 1. The molecule has 0 saturated heterocycles. The molecule has 0 aliphatic heterocycles. The van der Waals surface area contributed by atoms with Crippen LogP contribution >= 0.6 is 19.2 Å². The normalized spacial score (nSPS) is 12.8. The number of sulfonamides is 1. The van der Waals surface area contributed by atoms with E-state index in [1.165, 1.54) is 18.2 Å². The summed E-state index contributed by atoms with van der Waals surface area (Å²) in [5, 5.41) is 9.19. The second kappa shape index (κ2) is 12.5. The molecule has 0 heterocycles. The van der Waals surface area contributed by atoms with E-state index in [9.17, 15) is 40.0 Å². The lowest BCUT2D eigenvalue weighted by atomic mass is 9.99. The lowest BCUT2D eigenvalue weighted by molar-refractivity contribution is -0.275. The third kappa shape index (κ3) is 7.40. The Labute approximate surface area is 253 Å². The average molecular weight is 678 g/mol. The monoisotopic (exact) mass is 677 g/mol. The van der Waals surface area contributed by atoms with E-state index in [-0.39, 0.29) is 11.3 Å². The molecule has 4 aromatic carbocycles. The predicted molar refractivity (Wildman–Crippen MR) is 150 cm³/mol. The van der Waals surface area contributed by atoms with Crippen LogP contribution in [0.5, 0.6) is 11.5 Å². The van der Waals surface area contributed by atoms with E-state index in [1.807, 2.05) is 0 Å². The topological polar surface area (TPSA) is 124 Å². The van der Waals surface area contributed by atoms with Crippen LogP contribution in [0, 0.1) is 0 Å². The zero-order valence-electron chi connectivity index (χ0n) is 22.1. The van der Waals surface area contributed by atoms with Crippen LogP contribution in [-0.4, -0.2) is 34.0 Å². The van der Waals surface area contributed by atoms with Gasteiger partial charge >= 0.3 is 19.6 Å². The van der Waals surface area contributed by atoms with Gasteiger partial charge in [0.15, 0.2) is 0 Å². The van der Waals surface area contributed by atoms with Gasteiger partial charge in [0, 0.05) is 13.1 Å². The Morgan fingerprint density at radius 2 is 1.50 bits per heavy atom. The SMILES string of the molecule is O=P(O)(O)C(F)(F)c1ccc(CN(Cc2ccccc2-c2cccc(O)c2)S(=O)(=O)c2ccccc2OC(F)(F)F)cc1Cl. The number of benzene rings is 4. The van der Waals surface area contributed by atoms with E-state index in [2.05, 4.69) is 4.74 Å². The summed E-state index contributed by atoms with van der Waals surface area (Å²) in [6.07, 6.45) is -5.23. The summed E-state index contributed by atoms with van der Waals surface area (Å²) in [6.45, 7) is -1.09. The van der Waals surface area contributed by atoms with Gasteiger partial charge in [-0.1, -0.05) is 72.3 Å². The molecular formula is C28H22ClF5NO7PS. The van der Waals surface area contributed by atoms with Gasteiger partial charge in [-0.3, -0.25) is 4.57 Å². The number of halogens is 6. The fourth-order valence-corrected chi connectivity index (χ4v) is 6.72. The zero-order valence-corrected chi connectivity index (χ0v) is 24.6. The minimum atomic E-state index is -5.98. The van der Waals surface area contributed by atoms with Gasteiger partial charge in [-0.05, 0) is 52.6 Å². The smallest absolute Gasteiger partial charge is 0.508 e. The molecule has 0 bridgehead atoms. The maximum Gasteiger partial charge on any atom is 0.573 e. The summed E-state index contributed by atoms with van der Waals surface area (Å²) >= 11 is 5.95. The van der Waals surface area contributed by atoms with Gasteiger partial charge in [0.25, 0.3) is 0 Å². The van der Waals surface area contributed by atoms with Crippen molar-refractivity contribution >= 4 is 29.2 Å². The van der Waals surface area contributed by atoms with Gasteiger partial charge in [-0.15, -0.1) is 13.2 Å². The van der Waals surface area contributed by atoms with Crippen molar-refractivity contribution in [3.8, 4) is 22.6 Å². The highest BCUT2D eigenvalue weighted by Gasteiger charge is 2.51. The Balaban J connectivity index is 1.83. The number of alkyl halides is 5. The molecule has 0 atom stereocenters. The van der Waals surface area contributed by atoms with E-state index in [0.29, 0.717) is 22.8 Å². The van der Waals surface area contributed by atoms with Crippen LogP contribution in [0.4, 0.5) is 22.0 Å². The zero-order chi connectivity index (χ0) is 32.5. The number of nitrogens with zero attached hydrogens (tertiary/aromatic N) is 1. The van der Waals surface area contributed by atoms with Crippen molar-refractivity contribution in [2.24, 2.45) is 0 Å². The Kier molecular flexibility index (Phi) is 9.46. The van der Waals surface area contributed by atoms with Crippen LogP contribution in [-0.2, 0) is 33.3 Å². The number of hydrogen-bond donors (Lipinski definition) is 3. The lowest BCUT2D eigenvalue weighted by Crippen LogP contribution is -2.31. The quantitative estimate of drug-likeness (QED) is 0.120. The molecule has 3 N–H and O–H groups in total. The molecule has 0 spiro atoms. The lowest BCUT2D eigenvalue weighted by Gasteiger charge is -2.26. The van der Waals surface area contributed by atoms with Gasteiger partial charge in [0.1, 0.15) is 16.4 Å². The summed E-state index contributed by atoms with van der Waals surface area (Å²) in [7, 11) is -10.8. The molecule has 0 saturated carbocycles. The standard InChI is InChI=1S/C28H22ClF5NO7PS/c29-24-14-18(12-13-23(24)27(30,31)43(37,38)39)16-35(44(40,41)26-11-4-3-10-25(26)42-28(32,33)34)17-20-6-1-2-9-22(20)19-7-5-8-21(36)15-19/h1-15,36H,16-17H2,(H2,37,38,39). The molecule has 8 nitrogen and oxygen atoms in total. The highest BCUT2D eigenvalue weighted by molar-refractivity contribution is 7.89. The summed E-state index contributed by atoms with van der Waals surface area (Å²) in [4.78, 5) is 17.3. The largest absolute Gasteiger partial charge is 0.573 e. The van der Waals surface area contributed by atoms with Gasteiger partial charge in [-0.2, -0.15) is 13.1 Å². The van der Waals surface area contributed by atoms with Crippen molar-refractivity contribution in [2.45, 2.75) is 30.0 Å². The molecule has 0 radical (unpaired) electrons. The van der Waals surface area contributed by atoms with Gasteiger partial charge in [-0.25, -0.2) is 8.42 Å². The van der Waals surface area contributed by atoms with Crippen molar-refractivity contribution in [3.63, 3.8) is 0 Å². The first-order valence-corrected chi connectivity index (χ1v) is 15.8. The number of rotatable bonds is 10. The van der Waals surface area contributed by atoms with Crippen molar-refractivity contribution in [1.82, 2.24) is 4.31 Å². The van der Waals surface area contributed by atoms with Crippen LogP contribution in [0.15, 0.2) is 95.9 Å². The molecular weight excluding hydrogens is 656 g/mol. The number of hydrogen-bond acceptors (Lipinski definition) is 5. The second-order valence-corrected chi connectivity index (χ2v) is 13.3. The molecule has 0 aliphatic carbocycles. The fraction of sp³-hybridized carbons (Fsp3) is 0.143. The molecule has 4 rings (SSSR count). The number of phenolic OH excluding ortho intramolecular Hbond substituents is 1. The summed E-state index contributed by atoms with van der Waals surface area (Å²) in [5.74, 6) is -1.09. The van der Waals surface area contributed by atoms with E-state index in [0.717, 1.165) is 34.6 Å². The predicted octanol–water partition coefficient (Wildman–Crippen LogP) is 7.23. The number of ether oxygens (including phenoxy) is 1. The van der Waals surface area contributed by atoms with Crippen LogP contribution in [0.1, 0.15) is 16.7 Å². The van der Waals surface area contributed by atoms with Crippen molar-refractivity contribution in [2.75, 3.05) is 0 Å². The Morgan fingerprint density at radius 3 is 2.14 bits per heavy atom. The Morgan fingerprint density at radius 1 is 0.841 bits per heavy atom. The van der Waals surface area contributed by atoms with Crippen LogP contribution in [0.2, 0.25) is 5.02 Å². The van der Waals surface area contributed by atoms with E-state index < -0.39 is 64.0 Å². The molecule has 0 aromatic heterocycles. The molecule has 44 heavy (non-hydrogen) atoms. The highest BCUT2D eigenvalue weighted by atomic mass is 35.5. The minimum absolute atomic E-state index is 0.0344. The molecule has 234 valence electrons. The Hall–Kier alpha value is -3.52. The first kappa shape index (κ1) is 33.4. The van der Waals surface area contributed by atoms with Crippen molar-refractivity contribution in [1.29, 1.82) is 0 Å². The van der Waals surface area contributed by atoms with Crippen LogP contribution < -0.4 is 4.74 Å². The average Bonchev–Trinajstić information content (AvgIpc) is 2.91. The molecule has 0 amide bonds. The van der Waals surface area contributed by atoms with Gasteiger partial charge in [0.2, 0.25) is 10.0 Å². The molecule has 0 unspecified atom stereocenters. The van der Waals surface area contributed by atoms with E-state index in [1.54, 1.807) is 36.4 Å². The third-order valence-corrected chi connectivity index (χ3v) is 9.41. The minimum Gasteiger partial charge on any atom is -0.508 e. The summed E-state index contributed by atoms with van der Waals surface area (Å²) < 4.78 is 112. The van der Waals surface area contributed by atoms with E-state index in [4.69, 9.17) is 21.4 Å². The third-order valence-electron chi connectivity index (χ3n) is 6.30. The molecule has 16 heteroatoms. The number of phenols is 1. The van der Waals surface area contributed by atoms with Crippen LogP contribution in [0.3, 0.4) is 0 Å². The summed E-state index contributed by atoms with van der Waals surface area (Å²) in [5.41, 5.74) is -4.57. The first-order chi connectivity index (χ1) is 20.4. The maximum atomic E-state index is 14.4. The molecule has 0 aliphatic rings. The Bertz CT molecular complexity index is 1830. The first-order valence-electron chi connectivity index (χ1n) is 12.3.